The predicted octanol–water partition coefficient (Wildman–Crippen LogP) is 4.23. The Bertz CT molecular complexity index is 840. The van der Waals surface area contributed by atoms with Crippen LogP contribution in [0.25, 0.3) is 10.9 Å². The molecule has 0 unspecified atom stereocenters. The van der Waals surface area contributed by atoms with Gasteiger partial charge in [-0.3, -0.25) is 4.79 Å². The molecular formula is C19H19FN2O. The number of para-hydroxylation sites is 1. The molecule has 23 heavy (non-hydrogen) atoms. The zero-order valence-electron chi connectivity index (χ0n) is 13.1. The average molecular weight is 310 g/mol. The Morgan fingerprint density at radius 3 is 2.57 bits per heavy atom. The molecule has 0 aliphatic heterocycles. The number of fused-ring (bicyclic) bond motifs is 1. The lowest BCUT2D eigenvalue weighted by atomic mass is 10.0. The molecule has 0 bridgehead atoms. The number of rotatable bonds is 5. The summed E-state index contributed by atoms with van der Waals surface area (Å²) in [7, 11) is 0. The third-order valence-corrected chi connectivity index (χ3v) is 4.12. The monoisotopic (exact) mass is 310 g/mol. The summed E-state index contributed by atoms with van der Waals surface area (Å²) in [5.41, 5.74) is 2.15. The Hall–Kier alpha value is -2.46. The van der Waals surface area contributed by atoms with E-state index in [0.29, 0.717) is 11.1 Å². The maximum Gasteiger partial charge on any atom is 0.181 e. The lowest BCUT2D eigenvalue weighted by Gasteiger charge is -2.19. The van der Waals surface area contributed by atoms with Gasteiger partial charge in [-0.2, -0.15) is 0 Å². The molecule has 3 aromatic rings. The Balaban J connectivity index is 1.79. The molecule has 2 atom stereocenters. The van der Waals surface area contributed by atoms with E-state index in [-0.39, 0.29) is 17.6 Å². The van der Waals surface area contributed by atoms with Crippen LogP contribution in [0.4, 0.5) is 4.39 Å². The second-order valence-corrected chi connectivity index (χ2v) is 5.74. The normalized spacial score (nSPS) is 13.9. The van der Waals surface area contributed by atoms with E-state index in [2.05, 4.69) is 10.3 Å². The Morgan fingerprint density at radius 1 is 1.09 bits per heavy atom. The van der Waals surface area contributed by atoms with Crippen LogP contribution in [-0.4, -0.2) is 16.8 Å². The quantitative estimate of drug-likeness (QED) is 0.693. The van der Waals surface area contributed by atoms with Crippen LogP contribution in [0.1, 0.15) is 35.8 Å². The number of halogens is 1. The van der Waals surface area contributed by atoms with Crippen LogP contribution in [0.2, 0.25) is 0 Å². The van der Waals surface area contributed by atoms with Crippen molar-refractivity contribution in [2.24, 2.45) is 0 Å². The van der Waals surface area contributed by atoms with Crippen LogP contribution in [-0.2, 0) is 0 Å². The molecule has 118 valence electrons. The van der Waals surface area contributed by atoms with Crippen LogP contribution < -0.4 is 5.32 Å². The molecule has 0 saturated heterocycles. The van der Waals surface area contributed by atoms with E-state index in [9.17, 15) is 9.18 Å². The number of H-pyrrole nitrogens is 1. The minimum Gasteiger partial charge on any atom is -0.360 e. The second kappa shape index (κ2) is 6.34. The van der Waals surface area contributed by atoms with Gasteiger partial charge < -0.3 is 10.3 Å². The summed E-state index contributed by atoms with van der Waals surface area (Å²) in [6, 6.07) is 13.6. The maximum atomic E-state index is 13.8. The number of aromatic amines is 1. The second-order valence-electron chi connectivity index (χ2n) is 5.74. The number of benzene rings is 2. The van der Waals surface area contributed by atoms with Crippen molar-refractivity contribution in [3.8, 4) is 0 Å². The molecule has 3 nitrogen and oxygen atoms in total. The van der Waals surface area contributed by atoms with Crippen molar-refractivity contribution < 1.29 is 9.18 Å². The SMILES string of the molecule is C[C@H](N[C@H](C)C(=O)c1c[nH]c2ccccc12)c1ccccc1F. The number of Topliss-reactive ketones (excluding diaryl/α,β-unsaturated/α-hetero) is 1. The van der Waals surface area contributed by atoms with Crippen molar-refractivity contribution >= 4 is 16.7 Å². The summed E-state index contributed by atoms with van der Waals surface area (Å²) < 4.78 is 13.8. The third kappa shape index (κ3) is 3.03. The summed E-state index contributed by atoms with van der Waals surface area (Å²) in [5, 5.41) is 4.09. The van der Waals surface area contributed by atoms with Gasteiger partial charge in [-0.15, -0.1) is 0 Å². The van der Waals surface area contributed by atoms with Gasteiger partial charge in [-0.1, -0.05) is 36.4 Å². The highest BCUT2D eigenvalue weighted by Crippen LogP contribution is 2.21. The fourth-order valence-corrected chi connectivity index (χ4v) is 2.88. The Labute approximate surface area is 134 Å². The molecule has 0 amide bonds. The van der Waals surface area contributed by atoms with Crippen LogP contribution in [0, 0.1) is 5.82 Å². The maximum absolute atomic E-state index is 13.8. The van der Waals surface area contributed by atoms with Crippen molar-refractivity contribution in [2.45, 2.75) is 25.9 Å². The number of ketones is 1. The smallest absolute Gasteiger partial charge is 0.181 e. The van der Waals surface area contributed by atoms with E-state index < -0.39 is 6.04 Å². The summed E-state index contributed by atoms with van der Waals surface area (Å²) in [6.07, 6.45) is 1.74. The topological polar surface area (TPSA) is 44.9 Å². The van der Waals surface area contributed by atoms with Crippen molar-refractivity contribution in [3.63, 3.8) is 0 Å². The first-order valence-corrected chi connectivity index (χ1v) is 7.68. The molecule has 1 heterocycles. The zero-order chi connectivity index (χ0) is 16.4. The van der Waals surface area contributed by atoms with Crippen LogP contribution >= 0.6 is 0 Å². The number of hydrogen-bond acceptors (Lipinski definition) is 2. The van der Waals surface area contributed by atoms with E-state index in [0.717, 1.165) is 10.9 Å². The lowest BCUT2D eigenvalue weighted by molar-refractivity contribution is 0.0947. The fourth-order valence-electron chi connectivity index (χ4n) is 2.88. The predicted molar refractivity (Wildman–Crippen MR) is 90.0 cm³/mol. The van der Waals surface area contributed by atoms with Crippen molar-refractivity contribution in [2.75, 3.05) is 0 Å². The van der Waals surface area contributed by atoms with Crippen molar-refractivity contribution in [1.82, 2.24) is 10.3 Å². The molecule has 2 aromatic carbocycles. The standard InChI is InChI=1S/C19H19FN2O/c1-12(14-7-3-5-9-17(14)20)22-13(2)19(23)16-11-21-18-10-6-4-8-15(16)18/h3-13,21-22H,1-2H3/t12-,13+/m0/s1. The van der Waals surface area contributed by atoms with E-state index in [1.807, 2.05) is 31.2 Å². The van der Waals surface area contributed by atoms with Gasteiger partial charge in [0.15, 0.2) is 5.78 Å². The highest BCUT2D eigenvalue weighted by molar-refractivity contribution is 6.10. The first-order valence-electron chi connectivity index (χ1n) is 7.68. The van der Waals surface area contributed by atoms with Crippen LogP contribution in [0.15, 0.2) is 54.7 Å². The highest BCUT2D eigenvalue weighted by Gasteiger charge is 2.21. The number of aromatic nitrogens is 1. The Morgan fingerprint density at radius 2 is 1.78 bits per heavy atom. The van der Waals surface area contributed by atoms with Gasteiger partial charge in [0, 0.05) is 34.3 Å². The minimum absolute atomic E-state index is 0.00867. The van der Waals surface area contributed by atoms with Gasteiger partial charge in [0.05, 0.1) is 6.04 Å². The van der Waals surface area contributed by atoms with Crippen molar-refractivity contribution in [3.05, 3.63) is 71.7 Å². The number of nitrogens with one attached hydrogen (secondary N) is 2. The summed E-state index contributed by atoms with van der Waals surface area (Å²) in [5.74, 6) is -0.273. The van der Waals surface area contributed by atoms with E-state index in [4.69, 9.17) is 0 Å². The van der Waals surface area contributed by atoms with E-state index >= 15 is 0 Å². The molecule has 0 saturated carbocycles. The van der Waals surface area contributed by atoms with Gasteiger partial charge in [-0.25, -0.2) is 4.39 Å². The first-order chi connectivity index (χ1) is 11.1. The summed E-state index contributed by atoms with van der Waals surface area (Å²) in [4.78, 5) is 15.8. The van der Waals surface area contributed by atoms with E-state index in [1.54, 1.807) is 31.3 Å². The minimum atomic E-state index is -0.413. The van der Waals surface area contributed by atoms with Gasteiger partial charge in [0.1, 0.15) is 5.82 Å². The molecule has 0 aliphatic carbocycles. The molecule has 0 aliphatic rings. The Kier molecular flexibility index (Phi) is 4.26. The van der Waals surface area contributed by atoms with Gasteiger partial charge in [0.25, 0.3) is 0 Å². The number of carbonyl (C=O) groups excluding carboxylic acids is 1. The molecule has 1 aromatic heterocycles. The number of carbonyl (C=O) groups is 1. The molecule has 0 spiro atoms. The van der Waals surface area contributed by atoms with Gasteiger partial charge >= 0.3 is 0 Å². The van der Waals surface area contributed by atoms with Crippen LogP contribution in [0.3, 0.4) is 0 Å². The van der Waals surface area contributed by atoms with E-state index in [1.165, 1.54) is 6.07 Å². The fraction of sp³-hybridized carbons (Fsp3) is 0.211. The molecule has 0 fully saturated rings. The van der Waals surface area contributed by atoms with Crippen molar-refractivity contribution in [1.29, 1.82) is 0 Å². The molecule has 2 N–H and O–H groups in total. The summed E-state index contributed by atoms with van der Waals surface area (Å²) >= 11 is 0. The molecular weight excluding hydrogens is 291 g/mol. The number of hydrogen-bond donors (Lipinski definition) is 2. The lowest BCUT2D eigenvalue weighted by Crippen LogP contribution is -2.36. The molecule has 4 heteroatoms. The zero-order valence-corrected chi connectivity index (χ0v) is 13.1. The highest BCUT2D eigenvalue weighted by atomic mass is 19.1. The first kappa shape index (κ1) is 15.4. The van der Waals surface area contributed by atoms with Crippen LogP contribution in [0.5, 0.6) is 0 Å². The van der Waals surface area contributed by atoms with Gasteiger partial charge in [0.2, 0.25) is 0 Å². The molecule has 0 radical (unpaired) electrons. The largest absolute Gasteiger partial charge is 0.360 e. The average Bonchev–Trinajstić information content (AvgIpc) is 2.98. The summed E-state index contributed by atoms with van der Waals surface area (Å²) in [6.45, 7) is 3.67. The van der Waals surface area contributed by atoms with Gasteiger partial charge in [-0.05, 0) is 26.0 Å². The third-order valence-electron chi connectivity index (χ3n) is 4.12. The molecule has 3 rings (SSSR count).